The molecule has 0 aliphatic heterocycles. The van der Waals surface area contributed by atoms with Crippen molar-refractivity contribution < 1.29 is 4.55 Å². The summed E-state index contributed by atoms with van der Waals surface area (Å²) < 4.78 is 11.9. The lowest BCUT2D eigenvalue weighted by atomic mass is 10.2. The lowest BCUT2D eigenvalue weighted by Gasteiger charge is -2.06. The standard InChI is InChI=1S/C16H13ClN4OS2/c1-24(22)13-7-19-15-12(5-3-9(18)14(13)15)23-16-20-10-4-2-8(17)6-11(10)21-16/h2-7,19H,18H2,1H3,(H,20,21). The summed E-state index contributed by atoms with van der Waals surface area (Å²) in [6.07, 6.45) is 3.39. The second kappa shape index (κ2) is 5.93. The highest BCUT2D eigenvalue weighted by Gasteiger charge is 2.18. The number of rotatable bonds is 3. The molecule has 0 aliphatic rings. The Labute approximate surface area is 150 Å². The number of imidazole rings is 1. The first kappa shape index (κ1) is 15.7. The van der Waals surface area contributed by atoms with E-state index >= 15 is 0 Å². The molecule has 4 aromatic rings. The van der Waals surface area contributed by atoms with Crippen LogP contribution in [0.3, 0.4) is 0 Å². The van der Waals surface area contributed by atoms with Gasteiger partial charge < -0.3 is 20.3 Å². The fourth-order valence-corrected chi connectivity index (χ4v) is 4.45. The minimum Gasteiger partial charge on any atom is -0.612 e. The van der Waals surface area contributed by atoms with Crippen molar-refractivity contribution in [3.05, 3.63) is 41.6 Å². The van der Waals surface area contributed by atoms with Gasteiger partial charge in [-0.2, -0.15) is 0 Å². The van der Waals surface area contributed by atoms with Gasteiger partial charge in [0, 0.05) is 15.6 Å². The summed E-state index contributed by atoms with van der Waals surface area (Å²) in [5.41, 5.74) is 9.30. The fraction of sp³-hybridized carbons (Fsp3) is 0.0625. The van der Waals surface area contributed by atoms with Crippen LogP contribution in [0.15, 0.2) is 51.5 Å². The molecule has 0 aliphatic carbocycles. The van der Waals surface area contributed by atoms with Crippen molar-refractivity contribution in [2.75, 3.05) is 12.0 Å². The van der Waals surface area contributed by atoms with E-state index in [1.54, 1.807) is 12.5 Å². The number of nitrogens with one attached hydrogen (secondary N) is 2. The quantitative estimate of drug-likeness (QED) is 0.369. The maximum absolute atomic E-state index is 11.9. The summed E-state index contributed by atoms with van der Waals surface area (Å²) in [6, 6.07) is 9.31. The minimum absolute atomic E-state index is 0.609. The van der Waals surface area contributed by atoms with Crippen molar-refractivity contribution in [2.45, 2.75) is 14.9 Å². The maximum atomic E-state index is 11.9. The zero-order valence-electron chi connectivity index (χ0n) is 12.6. The number of fused-ring (bicyclic) bond motifs is 2. The van der Waals surface area contributed by atoms with Gasteiger partial charge in [0.05, 0.1) is 28.1 Å². The van der Waals surface area contributed by atoms with Crippen LogP contribution in [0.25, 0.3) is 21.9 Å². The summed E-state index contributed by atoms with van der Waals surface area (Å²) in [4.78, 5) is 12.7. The van der Waals surface area contributed by atoms with Crippen LogP contribution in [0.5, 0.6) is 0 Å². The van der Waals surface area contributed by atoms with Crippen molar-refractivity contribution in [2.24, 2.45) is 0 Å². The third-order valence-electron chi connectivity index (χ3n) is 3.73. The molecule has 0 radical (unpaired) electrons. The molecule has 8 heteroatoms. The number of nitrogens with two attached hydrogens (primary N) is 1. The molecule has 0 saturated carbocycles. The largest absolute Gasteiger partial charge is 0.612 e. The molecule has 2 aromatic carbocycles. The molecule has 122 valence electrons. The Kier molecular flexibility index (Phi) is 3.88. The summed E-state index contributed by atoms with van der Waals surface area (Å²) in [5.74, 6) is 0. The van der Waals surface area contributed by atoms with Crippen molar-refractivity contribution in [3.63, 3.8) is 0 Å². The fourth-order valence-electron chi connectivity index (χ4n) is 2.64. The van der Waals surface area contributed by atoms with Crippen LogP contribution in [0.2, 0.25) is 5.02 Å². The molecule has 0 fully saturated rings. The molecule has 4 N–H and O–H groups in total. The van der Waals surface area contributed by atoms with Crippen molar-refractivity contribution in [1.29, 1.82) is 0 Å². The van der Waals surface area contributed by atoms with Gasteiger partial charge in [0.15, 0.2) is 10.1 Å². The van der Waals surface area contributed by atoms with Gasteiger partial charge in [0.1, 0.15) is 6.26 Å². The molecule has 1 atom stereocenters. The van der Waals surface area contributed by atoms with Crippen LogP contribution >= 0.6 is 23.4 Å². The van der Waals surface area contributed by atoms with E-state index in [2.05, 4.69) is 15.0 Å². The molecular weight excluding hydrogens is 364 g/mol. The van der Waals surface area contributed by atoms with E-state index in [-0.39, 0.29) is 0 Å². The SMILES string of the molecule is C[S+]([O-])c1c[nH]c2c(Sc3nc4cc(Cl)ccc4[nH]3)ccc(N)c12. The van der Waals surface area contributed by atoms with Crippen LogP contribution in [-0.4, -0.2) is 25.8 Å². The van der Waals surface area contributed by atoms with Crippen LogP contribution in [0.4, 0.5) is 5.69 Å². The minimum atomic E-state index is -1.11. The summed E-state index contributed by atoms with van der Waals surface area (Å²) in [7, 11) is 0. The Balaban J connectivity index is 1.80. The highest BCUT2D eigenvalue weighted by Crippen LogP contribution is 2.37. The van der Waals surface area contributed by atoms with Gasteiger partial charge in [0.2, 0.25) is 0 Å². The number of nitrogen functional groups attached to an aromatic ring is 1. The topological polar surface area (TPSA) is 93.5 Å². The molecule has 2 heterocycles. The first-order chi connectivity index (χ1) is 11.5. The number of hydrogen-bond donors (Lipinski definition) is 3. The molecule has 24 heavy (non-hydrogen) atoms. The number of H-pyrrole nitrogens is 2. The van der Waals surface area contributed by atoms with Gasteiger partial charge >= 0.3 is 0 Å². The number of aromatic nitrogens is 3. The van der Waals surface area contributed by atoms with Crippen molar-refractivity contribution in [3.8, 4) is 0 Å². The first-order valence-corrected chi connectivity index (χ1v) is 9.84. The average Bonchev–Trinajstić information content (AvgIpc) is 3.13. The van der Waals surface area contributed by atoms with E-state index in [0.29, 0.717) is 15.6 Å². The second-order valence-electron chi connectivity index (χ2n) is 5.32. The molecule has 5 nitrogen and oxygen atoms in total. The van der Waals surface area contributed by atoms with Crippen LogP contribution in [-0.2, 0) is 11.2 Å². The van der Waals surface area contributed by atoms with E-state index in [1.807, 2.05) is 30.3 Å². The van der Waals surface area contributed by atoms with E-state index in [0.717, 1.165) is 32.0 Å². The van der Waals surface area contributed by atoms with E-state index < -0.39 is 11.2 Å². The third-order valence-corrected chi connectivity index (χ3v) is 5.86. The van der Waals surface area contributed by atoms with E-state index in [4.69, 9.17) is 17.3 Å². The molecule has 0 bridgehead atoms. The van der Waals surface area contributed by atoms with Crippen molar-refractivity contribution >= 4 is 62.2 Å². The lowest BCUT2D eigenvalue weighted by molar-refractivity contribution is 0.601. The molecule has 4 rings (SSSR count). The third kappa shape index (κ3) is 2.63. The molecule has 2 aromatic heterocycles. The monoisotopic (exact) mass is 376 g/mol. The van der Waals surface area contributed by atoms with Crippen LogP contribution in [0.1, 0.15) is 0 Å². The Morgan fingerprint density at radius 1 is 1.29 bits per heavy atom. The number of aromatic amines is 2. The molecule has 0 amide bonds. The molecule has 1 unspecified atom stereocenters. The van der Waals surface area contributed by atoms with Crippen LogP contribution < -0.4 is 5.73 Å². The van der Waals surface area contributed by atoms with Gasteiger partial charge in [-0.05, 0) is 53.3 Å². The summed E-state index contributed by atoms with van der Waals surface area (Å²) in [5, 5.41) is 2.21. The number of halogens is 1. The number of anilines is 1. The number of nitrogens with zero attached hydrogens (tertiary/aromatic N) is 1. The predicted molar refractivity (Wildman–Crippen MR) is 100 cm³/mol. The Morgan fingerprint density at radius 2 is 2.12 bits per heavy atom. The Morgan fingerprint density at radius 3 is 2.92 bits per heavy atom. The van der Waals surface area contributed by atoms with E-state index in [1.165, 1.54) is 11.8 Å². The first-order valence-electron chi connectivity index (χ1n) is 7.09. The van der Waals surface area contributed by atoms with Gasteiger partial charge in [-0.25, -0.2) is 4.98 Å². The average molecular weight is 377 g/mol. The zero-order chi connectivity index (χ0) is 16.8. The Hall–Kier alpha value is -1.80. The van der Waals surface area contributed by atoms with Gasteiger partial charge in [-0.3, -0.25) is 0 Å². The maximum Gasteiger partial charge on any atom is 0.179 e. The highest BCUT2D eigenvalue weighted by molar-refractivity contribution is 7.99. The smallest absolute Gasteiger partial charge is 0.179 e. The van der Waals surface area contributed by atoms with Gasteiger partial charge in [-0.1, -0.05) is 11.6 Å². The van der Waals surface area contributed by atoms with Crippen LogP contribution in [0, 0.1) is 0 Å². The molecule has 0 saturated heterocycles. The van der Waals surface area contributed by atoms with E-state index in [9.17, 15) is 4.55 Å². The Bertz CT molecular complexity index is 1060. The van der Waals surface area contributed by atoms with Gasteiger partial charge in [0.25, 0.3) is 0 Å². The summed E-state index contributed by atoms with van der Waals surface area (Å²) in [6.45, 7) is 0. The molecule has 0 spiro atoms. The number of benzene rings is 2. The normalized spacial score (nSPS) is 13.0. The highest BCUT2D eigenvalue weighted by atomic mass is 35.5. The molecular formula is C16H13ClN4OS2. The number of hydrogen-bond acceptors (Lipinski definition) is 4. The lowest BCUT2D eigenvalue weighted by Crippen LogP contribution is -1.97. The second-order valence-corrected chi connectivity index (χ2v) is 8.13. The summed E-state index contributed by atoms with van der Waals surface area (Å²) >= 11 is 6.38. The predicted octanol–water partition coefficient (Wildman–Crippen LogP) is 4.17. The zero-order valence-corrected chi connectivity index (χ0v) is 15.0. The van der Waals surface area contributed by atoms with Gasteiger partial charge in [-0.15, -0.1) is 0 Å². The van der Waals surface area contributed by atoms with Crippen molar-refractivity contribution in [1.82, 2.24) is 15.0 Å².